The predicted octanol–water partition coefficient (Wildman–Crippen LogP) is 2.07. The average Bonchev–Trinajstić information content (AvgIpc) is 2.80. The fourth-order valence-corrected chi connectivity index (χ4v) is 2.00. The first-order valence-electron chi connectivity index (χ1n) is 6.50. The molecule has 0 atom stereocenters. The zero-order valence-corrected chi connectivity index (χ0v) is 11.4. The van der Waals surface area contributed by atoms with Crippen molar-refractivity contribution in [2.75, 3.05) is 13.7 Å². The minimum atomic E-state index is 0.611. The average molecular weight is 260 g/mol. The molecule has 0 saturated heterocycles. The van der Waals surface area contributed by atoms with Crippen LogP contribution >= 0.6 is 0 Å². The highest BCUT2D eigenvalue weighted by Gasteiger charge is 2.09. The summed E-state index contributed by atoms with van der Waals surface area (Å²) in [4.78, 5) is 12.2. The van der Waals surface area contributed by atoms with E-state index in [1.54, 1.807) is 13.3 Å². The maximum Gasteiger partial charge on any atom is 0.212 e. The first-order valence-corrected chi connectivity index (χ1v) is 6.50. The number of hydrogen-bond donors (Lipinski definition) is 2. The molecule has 0 radical (unpaired) electrons. The van der Waals surface area contributed by atoms with E-state index in [4.69, 9.17) is 10.5 Å². The van der Waals surface area contributed by atoms with Crippen LogP contribution in [0, 0.1) is 6.92 Å². The first-order chi connectivity index (χ1) is 9.24. The molecule has 3 N–H and O–H groups in total. The van der Waals surface area contributed by atoms with E-state index in [9.17, 15) is 0 Å². The number of rotatable bonds is 6. The Kier molecular flexibility index (Phi) is 4.52. The van der Waals surface area contributed by atoms with Gasteiger partial charge in [-0.3, -0.25) is 0 Å². The molecule has 102 valence electrons. The van der Waals surface area contributed by atoms with E-state index in [0.29, 0.717) is 5.88 Å². The lowest BCUT2D eigenvalue weighted by Crippen LogP contribution is -1.99. The Morgan fingerprint density at radius 2 is 2.16 bits per heavy atom. The zero-order chi connectivity index (χ0) is 13.7. The lowest BCUT2D eigenvalue weighted by atomic mass is 10.2. The molecule has 0 fully saturated rings. The maximum atomic E-state index is 5.50. The van der Waals surface area contributed by atoms with E-state index in [2.05, 4.69) is 15.0 Å². The van der Waals surface area contributed by atoms with Crippen LogP contribution < -0.4 is 10.5 Å². The third-order valence-electron chi connectivity index (χ3n) is 3.02. The quantitative estimate of drug-likeness (QED) is 0.779. The molecule has 0 bridgehead atoms. The molecular formula is C14H20N4O. The first kappa shape index (κ1) is 13.5. The number of H-pyrrole nitrogens is 1. The van der Waals surface area contributed by atoms with E-state index >= 15 is 0 Å². The van der Waals surface area contributed by atoms with Crippen LogP contribution in [-0.4, -0.2) is 28.6 Å². The number of ether oxygens (including phenoxy) is 1. The number of imidazole rings is 1. The summed E-state index contributed by atoms with van der Waals surface area (Å²) in [6, 6.07) is 3.82. The maximum absolute atomic E-state index is 5.50. The van der Waals surface area contributed by atoms with E-state index in [1.165, 1.54) is 0 Å². The summed E-state index contributed by atoms with van der Waals surface area (Å²) < 4.78 is 5.05. The molecule has 2 rings (SSSR count). The van der Waals surface area contributed by atoms with Crippen molar-refractivity contribution >= 4 is 0 Å². The van der Waals surface area contributed by atoms with Crippen molar-refractivity contribution in [1.29, 1.82) is 0 Å². The molecule has 0 unspecified atom stereocenters. The van der Waals surface area contributed by atoms with Crippen LogP contribution in [0.3, 0.4) is 0 Å². The van der Waals surface area contributed by atoms with Crippen molar-refractivity contribution in [3.05, 3.63) is 29.8 Å². The standard InChI is InChI=1S/C14H20N4O/c1-10-14(11-6-7-13(19-2)16-9-11)18-12(17-10)5-3-4-8-15/h6-7,9H,3-5,8,15H2,1-2H3,(H,17,18). The number of methoxy groups -OCH3 is 1. The van der Waals surface area contributed by atoms with Gasteiger partial charge in [-0.05, 0) is 32.4 Å². The summed E-state index contributed by atoms with van der Waals surface area (Å²) in [5, 5.41) is 0. The molecule has 19 heavy (non-hydrogen) atoms. The number of nitrogens with zero attached hydrogens (tertiary/aromatic N) is 2. The molecule has 2 heterocycles. The molecule has 0 aromatic carbocycles. The van der Waals surface area contributed by atoms with E-state index in [1.807, 2.05) is 19.1 Å². The van der Waals surface area contributed by atoms with E-state index < -0.39 is 0 Å². The Bertz CT molecular complexity index is 519. The van der Waals surface area contributed by atoms with Crippen LogP contribution in [0.4, 0.5) is 0 Å². The Morgan fingerprint density at radius 3 is 2.79 bits per heavy atom. The lowest BCUT2D eigenvalue weighted by molar-refractivity contribution is 0.398. The third kappa shape index (κ3) is 3.32. The second-order valence-electron chi connectivity index (χ2n) is 4.49. The van der Waals surface area contributed by atoms with Gasteiger partial charge in [-0.2, -0.15) is 0 Å². The number of pyridine rings is 1. The van der Waals surface area contributed by atoms with Crippen molar-refractivity contribution in [1.82, 2.24) is 15.0 Å². The van der Waals surface area contributed by atoms with Crippen LogP contribution in [0.25, 0.3) is 11.3 Å². The van der Waals surface area contributed by atoms with Gasteiger partial charge in [-0.25, -0.2) is 9.97 Å². The second kappa shape index (κ2) is 6.33. The smallest absolute Gasteiger partial charge is 0.212 e. The Balaban J connectivity index is 2.14. The molecule has 0 amide bonds. The molecule has 5 nitrogen and oxygen atoms in total. The fraction of sp³-hybridized carbons (Fsp3) is 0.429. The van der Waals surface area contributed by atoms with Crippen molar-refractivity contribution in [2.24, 2.45) is 5.73 Å². The second-order valence-corrected chi connectivity index (χ2v) is 4.49. The largest absolute Gasteiger partial charge is 0.481 e. The molecule has 0 aliphatic heterocycles. The third-order valence-corrected chi connectivity index (χ3v) is 3.02. The van der Waals surface area contributed by atoms with Crippen molar-refractivity contribution in [3.63, 3.8) is 0 Å². The number of unbranched alkanes of at least 4 members (excludes halogenated alkanes) is 1. The SMILES string of the molecule is COc1ccc(-c2nc(CCCCN)[nH]c2C)cn1. The van der Waals surface area contributed by atoms with Crippen LogP contribution in [0.5, 0.6) is 5.88 Å². The Hall–Kier alpha value is -1.88. The number of nitrogens with one attached hydrogen (secondary N) is 1. The summed E-state index contributed by atoms with van der Waals surface area (Å²) in [7, 11) is 1.61. The summed E-state index contributed by atoms with van der Waals surface area (Å²) in [6.07, 6.45) is 4.80. The number of hydrogen-bond acceptors (Lipinski definition) is 4. The van der Waals surface area contributed by atoms with Gasteiger partial charge < -0.3 is 15.5 Å². The van der Waals surface area contributed by atoms with Gasteiger partial charge in [0.15, 0.2) is 0 Å². The highest BCUT2D eigenvalue weighted by Crippen LogP contribution is 2.22. The number of aromatic nitrogens is 3. The van der Waals surface area contributed by atoms with E-state index in [-0.39, 0.29) is 0 Å². The minimum absolute atomic E-state index is 0.611. The van der Waals surface area contributed by atoms with Crippen LogP contribution in [0.15, 0.2) is 18.3 Å². The van der Waals surface area contributed by atoms with Gasteiger partial charge in [0.25, 0.3) is 0 Å². The van der Waals surface area contributed by atoms with Gasteiger partial charge in [0.2, 0.25) is 5.88 Å². The Morgan fingerprint density at radius 1 is 1.32 bits per heavy atom. The van der Waals surface area contributed by atoms with Crippen molar-refractivity contribution in [3.8, 4) is 17.1 Å². The van der Waals surface area contributed by atoms with Crippen molar-refractivity contribution in [2.45, 2.75) is 26.2 Å². The Labute approximate surface area is 113 Å². The lowest BCUT2D eigenvalue weighted by Gasteiger charge is -2.00. The fourth-order valence-electron chi connectivity index (χ4n) is 2.00. The normalized spacial score (nSPS) is 10.7. The highest BCUT2D eigenvalue weighted by atomic mass is 16.5. The molecule has 0 saturated carbocycles. The van der Waals surface area contributed by atoms with E-state index in [0.717, 1.165) is 48.6 Å². The van der Waals surface area contributed by atoms with Gasteiger partial charge in [0, 0.05) is 29.9 Å². The summed E-state index contributed by atoms with van der Waals surface area (Å²) in [5.74, 6) is 1.62. The summed E-state index contributed by atoms with van der Waals surface area (Å²) >= 11 is 0. The molecule has 0 aliphatic rings. The van der Waals surface area contributed by atoms with Gasteiger partial charge in [-0.1, -0.05) is 0 Å². The van der Waals surface area contributed by atoms with Crippen LogP contribution in [-0.2, 0) is 6.42 Å². The van der Waals surface area contributed by atoms with Gasteiger partial charge >= 0.3 is 0 Å². The molecule has 5 heteroatoms. The summed E-state index contributed by atoms with van der Waals surface area (Å²) in [5.41, 5.74) is 8.52. The minimum Gasteiger partial charge on any atom is -0.481 e. The number of aromatic amines is 1. The van der Waals surface area contributed by atoms with Crippen LogP contribution in [0.2, 0.25) is 0 Å². The number of aryl methyl sites for hydroxylation is 2. The number of nitrogens with two attached hydrogens (primary N) is 1. The summed E-state index contributed by atoms with van der Waals surface area (Å²) in [6.45, 7) is 2.76. The molecule has 2 aromatic heterocycles. The van der Waals surface area contributed by atoms with Crippen molar-refractivity contribution < 1.29 is 4.74 Å². The van der Waals surface area contributed by atoms with Gasteiger partial charge in [0.1, 0.15) is 5.82 Å². The van der Waals surface area contributed by atoms with Gasteiger partial charge in [0.05, 0.1) is 12.8 Å². The molecular weight excluding hydrogens is 240 g/mol. The van der Waals surface area contributed by atoms with Crippen LogP contribution in [0.1, 0.15) is 24.4 Å². The molecule has 2 aromatic rings. The topological polar surface area (TPSA) is 76.8 Å². The predicted molar refractivity (Wildman–Crippen MR) is 75.1 cm³/mol. The monoisotopic (exact) mass is 260 g/mol. The zero-order valence-electron chi connectivity index (χ0n) is 11.4. The van der Waals surface area contributed by atoms with Gasteiger partial charge in [-0.15, -0.1) is 0 Å². The molecule has 0 aliphatic carbocycles. The molecule has 0 spiro atoms. The highest BCUT2D eigenvalue weighted by molar-refractivity contribution is 5.61.